The lowest BCUT2D eigenvalue weighted by Crippen LogP contribution is -2.64. The van der Waals surface area contributed by atoms with Gasteiger partial charge in [0.1, 0.15) is 18.3 Å². The van der Waals surface area contributed by atoms with Crippen LogP contribution in [-0.4, -0.2) is 62.5 Å². The van der Waals surface area contributed by atoms with Crippen LogP contribution in [0.1, 0.15) is 137 Å². The summed E-state index contributed by atoms with van der Waals surface area (Å²) in [5.41, 5.74) is 18.7. The van der Waals surface area contributed by atoms with E-state index in [0.29, 0.717) is 44.4 Å². The number of unbranched alkanes of at least 4 members (excludes halogenated alkanes) is 5. The summed E-state index contributed by atoms with van der Waals surface area (Å²) in [7, 11) is 0. The van der Waals surface area contributed by atoms with Crippen LogP contribution in [0, 0.1) is 46.3 Å². The van der Waals surface area contributed by atoms with Gasteiger partial charge in [-0.2, -0.15) is 0 Å². The van der Waals surface area contributed by atoms with E-state index >= 15 is 0 Å². The van der Waals surface area contributed by atoms with Gasteiger partial charge in [-0.15, -0.1) is 0 Å². The lowest BCUT2D eigenvalue weighted by atomic mass is 9.42. The molecule has 51 heavy (non-hydrogen) atoms. The first-order valence-electron chi connectivity index (χ1n) is 20.5. The van der Waals surface area contributed by atoms with Crippen molar-refractivity contribution in [1.29, 1.82) is 0 Å². The highest BCUT2D eigenvalue weighted by atomic mass is 16.6. The minimum Gasteiger partial charge on any atom is -0.494 e. The van der Waals surface area contributed by atoms with Crippen LogP contribution in [0.2, 0.25) is 0 Å². The van der Waals surface area contributed by atoms with Crippen LogP contribution in [-0.2, 0) is 33.3 Å². The predicted molar refractivity (Wildman–Crippen MR) is 197 cm³/mol. The molecule has 0 unspecified atom stereocenters. The van der Waals surface area contributed by atoms with Gasteiger partial charge in [-0.05, 0) is 98.5 Å². The van der Waals surface area contributed by atoms with Crippen molar-refractivity contribution in [3.63, 3.8) is 0 Å². The molecule has 1 heterocycles. The Balaban J connectivity index is 1.38. The van der Waals surface area contributed by atoms with Gasteiger partial charge in [0, 0.05) is 37.3 Å². The van der Waals surface area contributed by atoms with Crippen molar-refractivity contribution in [2.24, 2.45) is 63.5 Å². The number of rotatable bonds is 19. The largest absolute Gasteiger partial charge is 0.494 e. The summed E-state index contributed by atoms with van der Waals surface area (Å²) in [5, 5.41) is 0. The molecule has 10 heteroatoms. The first kappa shape index (κ1) is 40.0. The minimum absolute atomic E-state index is 0.00109. The predicted octanol–water partition coefficient (Wildman–Crippen LogP) is 6.32. The van der Waals surface area contributed by atoms with Gasteiger partial charge in [0.2, 0.25) is 0 Å². The molecule has 5 aliphatic rings. The molecule has 0 radical (unpaired) electrons. The van der Waals surface area contributed by atoms with E-state index < -0.39 is 0 Å². The van der Waals surface area contributed by atoms with E-state index in [0.717, 1.165) is 63.5 Å². The van der Waals surface area contributed by atoms with Crippen molar-refractivity contribution in [2.45, 2.75) is 155 Å². The second-order valence-corrected chi connectivity index (χ2v) is 17.1. The van der Waals surface area contributed by atoms with Crippen molar-refractivity contribution in [1.82, 2.24) is 0 Å². The van der Waals surface area contributed by atoms with Crippen molar-refractivity contribution < 1.29 is 33.3 Å². The van der Waals surface area contributed by atoms with Crippen LogP contribution in [0.5, 0.6) is 0 Å². The fourth-order valence-electron chi connectivity index (χ4n) is 11.5. The topological polar surface area (TPSA) is 166 Å². The van der Waals surface area contributed by atoms with Gasteiger partial charge in [0.25, 0.3) is 0 Å². The van der Waals surface area contributed by atoms with Crippen LogP contribution < -0.4 is 17.2 Å². The number of allylic oxidation sites excluding steroid dienone is 1. The molecule has 4 fully saturated rings. The number of fused-ring (bicyclic) bond motifs is 2. The molecule has 0 spiro atoms. The Morgan fingerprint density at radius 2 is 1.59 bits per heavy atom. The third-order valence-electron chi connectivity index (χ3n) is 14.1. The van der Waals surface area contributed by atoms with Gasteiger partial charge in [-0.25, -0.2) is 0 Å². The average molecular weight is 716 g/mol. The van der Waals surface area contributed by atoms with Crippen LogP contribution in [0.4, 0.5) is 0 Å². The molecule has 290 valence electrons. The SMILES string of the molecule is CCCCCCCCOC(=O)CC[C@@H](C)[C@H]1CC2=C(CCN)O[C@@H]3C[C@@H]4C[C@H](OC(=O)CCN)CC[C@]4(C)[C@H]4C[C@H](OC(=O)CCN)[C@@]1(C)[C@@H]2[C@H]34. The van der Waals surface area contributed by atoms with E-state index in [1.165, 1.54) is 31.3 Å². The van der Waals surface area contributed by atoms with E-state index in [9.17, 15) is 14.4 Å². The third-order valence-corrected chi connectivity index (χ3v) is 14.1. The molecule has 11 atom stereocenters. The van der Waals surface area contributed by atoms with Gasteiger partial charge in [0.15, 0.2) is 0 Å². The number of hydrogen-bond donors (Lipinski definition) is 3. The summed E-state index contributed by atoms with van der Waals surface area (Å²) < 4.78 is 25.2. The Bertz CT molecular complexity index is 1240. The van der Waals surface area contributed by atoms with E-state index in [4.69, 9.17) is 36.1 Å². The molecular formula is C41H69N3O7. The summed E-state index contributed by atoms with van der Waals surface area (Å²) >= 11 is 0. The second-order valence-electron chi connectivity index (χ2n) is 17.1. The fraction of sp³-hybridized carbons (Fsp3) is 0.878. The molecule has 1 aliphatic heterocycles. The maximum absolute atomic E-state index is 13.3. The van der Waals surface area contributed by atoms with E-state index in [1.807, 2.05) is 0 Å². The highest BCUT2D eigenvalue weighted by Crippen LogP contribution is 2.72. The van der Waals surface area contributed by atoms with Gasteiger partial charge >= 0.3 is 17.9 Å². The van der Waals surface area contributed by atoms with Gasteiger partial charge < -0.3 is 36.1 Å². The first-order valence-corrected chi connectivity index (χ1v) is 20.5. The quantitative estimate of drug-likeness (QED) is 0.0783. The lowest BCUT2D eigenvalue weighted by Gasteiger charge is -2.65. The zero-order chi connectivity index (χ0) is 36.8. The molecular weight excluding hydrogens is 646 g/mol. The van der Waals surface area contributed by atoms with E-state index in [2.05, 4.69) is 27.7 Å². The number of esters is 3. The highest BCUT2D eigenvalue weighted by molar-refractivity contribution is 5.70. The van der Waals surface area contributed by atoms with Crippen molar-refractivity contribution >= 4 is 17.9 Å². The number of hydrogen-bond acceptors (Lipinski definition) is 10. The zero-order valence-electron chi connectivity index (χ0n) is 32.1. The van der Waals surface area contributed by atoms with Gasteiger partial charge in [0.05, 0.1) is 25.2 Å². The molecule has 0 aromatic heterocycles. The number of ether oxygens (including phenoxy) is 4. The van der Waals surface area contributed by atoms with Crippen LogP contribution in [0.15, 0.2) is 11.3 Å². The highest BCUT2D eigenvalue weighted by Gasteiger charge is 2.70. The Labute approximate surface area is 307 Å². The molecule has 5 rings (SSSR count). The Morgan fingerprint density at radius 3 is 2.29 bits per heavy atom. The summed E-state index contributed by atoms with van der Waals surface area (Å²) in [4.78, 5) is 38.6. The summed E-state index contributed by atoms with van der Waals surface area (Å²) in [5.74, 6) is 1.99. The zero-order valence-corrected chi connectivity index (χ0v) is 32.1. The average Bonchev–Trinajstić information content (AvgIpc) is 3.42. The molecule has 0 aromatic rings. The standard InChI is InChI=1S/C41H69N3O7/c1-5-6-7-8-9-10-21-48-35(45)12-11-26(2)30-24-29-32(14-18-42)50-33-23-27-22-28(49-36(46)15-19-43)13-17-40(27,3)31-25-34(51-37(47)16-20-44)41(30,4)39(29)38(31)33/h26-28,30-31,33-34,38-39H,5-25,42-44H2,1-4H3/t26-,27+,28-,30-,31+,33-,34+,38+,39+,40+,41+/m1/s1. The molecule has 10 nitrogen and oxygen atoms in total. The third kappa shape index (κ3) is 8.48. The smallest absolute Gasteiger partial charge is 0.307 e. The number of carbonyl (C=O) groups is 3. The second kappa shape index (κ2) is 17.8. The van der Waals surface area contributed by atoms with Crippen LogP contribution in [0.25, 0.3) is 0 Å². The van der Waals surface area contributed by atoms with E-state index in [-0.39, 0.29) is 90.1 Å². The molecule has 4 saturated carbocycles. The van der Waals surface area contributed by atoms with Crippen LogP contribution in [0.3, 0.4) is 0 Å². The molecule has 0 aromatic carbocycles. The molecule has 6 N–H and O–H groups in total. The summed E-state index contributed by atoms with van der Waals surface area (Å²) in [6.45, 7) is 10.8. The Morgan fingerprint density at radius 1 is 0.882 bits per heavy atom. The Hall–Kier alpha value is -2.17. The minimum atomic E-state index is -0.317. The van der Waals surface area contributed by atoms with Crippen molar-refractivity contribution in [3.05, 3.63) is 11.3 Å². The molecule has 0 bridgehead atoms. The molecule has 0 saturated heterocycles. The molecule has 4 aliphatic carbocycles. The first-order chi connectivity index (χ1) is 24.5. The summed E-state index contributed by atoms with van der Waals surface area (Å²) in [6.07, 6.45) is 14.0. The maximum Gasteiger partial charge on any atom is 0.307 e. The fourth-order valence-corrected chi connectivity index (χ4v) is 11.5. The maximum atomic E-state index is 13.3. The van der Waals surface area contributed by atoms with Gasteiger partial charge in [-0.1, -0.05) is 59.8 Å². The Kier molecular flexibility index (Phi) is 13.9. The lowest BCUT2D eigenvalue weighted by molar-refractivity contribution is -0.224. The van der Waals surface area contributed by atoms with Gasteiger partial charge in [-0.3, -0.25) is 14.4 Å². The van der Waals surface area contributed by atoms with Crippen molar-refractivity contribution in [3.8, 4) is 0 Å². The number of carbonyl (C=O) groups excluding carboxylic acids is 3. The monoisotopic (exact) mass is 716 g/mol. The van der Waals surface area contributed by atoms with Crippen molar-refractivity contribution in [2.75, 3.05) is 26.2 Å². The molecule has 0 amide bonds. The normalized spacial score (nSPS) is 35.7. The van der Waals surface area contributed by atoms with E-state index in [1.54, 1.807) is 0 Å². The summed E-state index contributed by atoms with van der Waals surface area (Å²) in [6, 6.07) is 0. The van der Waals surface area contributed by atoms with Crippen LogP contribution >= 0.6 is 0 Å². The number of nitrogens with two attached hydrogens (primary N) is 3.